The third-order valence-electron chi connectivity index (χ3n) is 7.30. The van der Waals surface area contributed by atoms with Gasteiger partial charge >= 0.3 is 0 Å². The predicted octanol–water partition coefficient (Wildman–Crippen LogP) is 6.16. The van der Waals surface area contributed by atoms with Crippen molar-refractivity contribution in [2.75, 3.05) is 6.61 Å². The van der Waals surface area contributed by atoms with Crippen molar-refractivity contribution in [3.63, 3.8) is 0 Å². The van der Waals surface area contributed by atoms with Crippen molar-refractivity contribution in [1.29, 1.82) is 0 Å². The molecule has 0 aliphatic heterocycles. The van der Waals surface area contributed by atoms with E-state index in [-0.39, 0.29) is 11.7 Å². The van der Waals surface area contributed by atoms with Crippen LogP contribution in [0.1, 0.15) is 117 Å². The van der Waals surface area contributed by atoms with Gasteiger partial charge in [0.25, 0.3) is 0 Å². The van der Waals surface area contributed by atoms with Crippen LogP contribution in [0.3, 0.4) is 0 Å². The van der Waals surface area contributed by atoms with E-state index >= 15 is 0 Å². The van der Waals surface area contributed by atoms with E-state index in [9.17, 15) is 4.79 Å². The van der Waals surface area contributed by atoms with Crippen molar-refractivity contribution in [1.82, 2.24) is 15.1 Å². The molecule has 0 saturated heterocycles. The Morgan fingerprint density at radius 2 is 1.88 bits per heavy atom. The van der Waals surface area contributed by atoms with Gasteiger partial charge in [-0.2, -0.15) is 4.98 Å². The van der Waals surface area contributed by atoms with Crippen LogP contribution < -0.4 is 4.74 Å². The first-order valence-corrected chi connectivity index (χ1v) is 12.6. The molecule has 6 heteroatoms. The number of ketones is 1. The molecule has 0 bridgehead atoms. The number of rotatable bonds is 12. The van der Waals surface area contributed by atoms with Gasteiger partial charge in [0, 0.05) is 24.8 Å². The molecule has 0 aromatic carbocycles. The molecule has 3 saturated carbocycles. The fourth-order valence-corrected chi connectivity index (χ4v) is 4.98. The number of aryl methyl sites for hydroxylation is 1. The summed E-state index contributed by atoms with van der Waals surface area (Å²) >= 11 is 0. The van der Waals surface area contributed by atoms with Crippen LogP contribution in [0.5, 0.6) is 5.88 Å². The van der Waals surface area contributed by atoms with Crippen LogP contribution in [0.2, 0.25) is 0 Å². The summed E-state index contributed by atoms with van der Waals surface area (Å²) in [7, 11) is 0. The van der Waals surface area contributed by atoms with Crippen LogP contribution in [-0.4, -0.2) is 27.5 Å². The molecule has 3 aliphatic carbocycles. The average molecular weight is 438 g/mol. The lowest BCUT2D eigenvalue weighted by Crippen LogP contribution is -2.10. The van der Waals surface area contributed by atoms with E-state index in [0.717, 1.165) is 37.6 Å². The lowest BCUT2D eigenvalue weighted by atomic mass is 9.94. The third kappa shape index (κ3) is 5.57. The van der Waals surface area contributed by atoms with E-state index in [1.807, 2.05) is 13.0 Å². The fourth-order valence-electron chi connectivity index (χ4n) is 4.98. The van der Waals surface area contributed by atoms with Crippen molar-refractivity contribution in [2.24, 2.45) is 11.8 Å². The molecule has 172 valence electrons. The normalized spacial score (nSPS) is 19.9. The Hall–Kier alpha value is -2.24. The fraction of sp³-hybridized carbons (Fsp3) is 0.692. The highest BCUT2D eigenvalue weighted by molar-refractivity contribution is 5.94. The van der Waals surface area contributed by atoms with Crippen LogP contribution in [0.4, 0.5) is 0 Å². The lowest BCUT2D eigenvalue weighted by molar-refractivity contribution is 0.0972. The molecule has 0 radical (unpaired) electrons. The highest BCUT2D eigenvalue weighted by Gasteiger charge is 2.29. The first kappa shape index (κ1) is 21.6. The summed E-state index contributed by atoms with van der Waals surface area (Å²) in [5, 5.41) is 4.15. The number of aromatic nitrogens is 3. The molecule has 6 nitrogen and oxygen atoms in total. The van der Waals surface area contributed by atoms with Gasteiger partial charge in [0.2, 0.25) is 11.8 Å². The number of hydrogen-bond acceptors (Lipinski definition) is 6. The summed E-state index contributed by atoms with van der Waals surface area (Å²) in [6.07, 6.45) is 13.4. The summed E-state index contributed by atoms with van der Waals surface area (Å²) in [6, 6.07) is 4.03. The van der Waals surface area contributed by atoms with Crippen LogP contribution >= 0.6 is 0 Å². The van der Waals surface area contributed by atoms with E-state index in [0.29, 0.717) is 35.7 Å². The molecule has 3 aliphatic rings. The van der Waals surface area contributed by atoms with Gasteiger partial charge in [-0.3, -0.25) is 4.79 Å². The maximum absolute atomic E-state index is 13.0. The molecule has 0 spiro atoms. The number of ether oxygens (including phenoxy) is 1. The Kier molecular flexibility index (Phi) is 6.56. The summed E-state index contributed by atoms with van der Waals surface area (Å²) < 4.78 is 11.3. The SMILES string of the molecule is Cc1nc(C(CCCC(=O)c2ccc(C3CCCC3)c(OCC3CC3)n2)CC2CC2)no1. The number of pyridine rings is 1. The van der Waals surface area contributed by atoms with Gasteiger partial charge in [-0.25, -0.2) is 4.98 Å². The van der Waals surface area contributed by atoms with Crippen molar-refractivity contribution < 1.29 is 14.1 Å². The van der Waals surface area contributed by atoms with Crippen LogP contribution in [0.25, 0.3) is 0 Å². The van der Waals surface area contributed by atoms with Gasteiger partial charge in [-0.1, -0.05) is 36.9 Å². The predicted molar refractivity (Wildman–Crippen MR) is 121 cm³/mol. The summed E-state index contributed by atoms with van der Waals surface area (Å²) in [6.45, 7) is 2.56. The second-order valence-corrected chi connectivity index (χ2v) is 10.2. The zero-order valence-corrected chi connectivity index (χ0v) is 19.2. The summed E-state index contributed by atoms with van der Waals surface area (Å²) in [5.74, 6) is 4.50. The minimum absolute atomic E-state index is 0.105. The topological polar surface area (TPSA) is 78.1 Å². The zero-order chi connectivity index (χ0) is 21.9. The maximum atomic E-state index is 13.0. The number of carbonyl (C=O) groups excluding carboxylic acids is 1. The lowest BCUT2D eigenvalue weighted by Gasteiger charge is -2.16. The Morgan fingerprint density at radius 3 is 2.56 bits per heavy atom. The molecule has 0 amide bonds. The minimum Gasteiger partial charge on any atom is -0.477 e. The van der Waals surface area contributed by atoms with Gasteiger partial charge < -0.3 is 9.26 Å². The van der Waals surface area contributed by atoms with Crippen molar-refractivity contribution >= 4 is 5.78 Å². The van der Waals surface area contributed by atoms with E-state index < -0.39 is 0 Å². The molecule has 5 rings (SSSR count). The number of Topliss-reactive ketones (excluding diaryl/α,β-unsaturated/α-hetero) is 1. The summed E-state index contributed by atoms with van der Waals surface area (Å²) in [5.41, 5.74) is 1.75. The van der Waals surface area contributed by atoms with Crippen molar-refractivity contribution in [3.8, 4) is 5.88 Å². The molecule has 1 atom stereocenters. The third-order valence-corrected chi connectivity index (χ3v) is 7.30. The molecule has 1 unspecified atom stereocenters. The second-order valence-electron chi connectivity index (χ2n) is 10.2. The van der Waals surface area contributed by atoms with Crippen molar-refractivity contribution in [2.45, 2.75) is 95.8 Å². The first-order valence-electron chi connectivity index (χ1n) is 12.6. The molecule has 2 aromatic rings. The van der Waals surface area contributed by atoms with Crippen molar-refractivity contribution in [3.05, 3.63) is 35.1 Å². The Morgan fingerprint density at radius 1 is 1.09 bits per heavy atom. The number of carbonyl (C=O) groups is 1. The quantitative estimate of drug-likeness (QED) is 0.370. The monoisotopic (exact) mass is 437 g/mol. The first-order chi connectivity index (χ1) is 15.7. The maximum Gasteiger partial charge on any atom is 0.223 e. The Balaban J connectivity index is 1.21. The highest BCUT2D eigenvalue weighted by Crippen LogP contribution is 2.41. The number of nitrogens with zero attached hydrogens (tertiary/aromatic N) is 3. The van der Waals surface area contributed by atoms with Gasteiger partial charge in [-0.15, -0.1) is 0 Å². The van der Waals surface area contributed by atoms with Crippen LogP contribution in [0, 0.1) is 18.8 Å². The molecule has 0 N–H and O–H groups in total. The van der Waals surface area contributed by atoms with E-state index in [2.05, 4.69) is 16.2 Å². The van der Waals surface area contributed by atoms with Gasteiger partial charge in [0.1, 0.15) is 5.69 Å². The zero-order valence-electron chi connectivity index (χ0n) is 19.2. The molecular weight excluding hydrogens is 402 g/mol. The molecule has 2 aromatic heterocycles. The van der Waals surface area contributed by atoms with Gasteiger partial charge in [-0.05, 0) is 68.8 Å². The Bertz CT molecular complexity index is 926. The van der Waals surface area contributed by atoms with Gasteiger partial charge in [0.15, 0.2) is 11.6 Å². The van der Waals surface area contributed by atoms with E-state index in [1.54, 1.807) is 0 Å². The standard InChI is InChI=1S/C26H35N3O3/c1-17-27-25(29-32-17)21(15-18-9-10-18)7-4-8-24(30)23-14-13-22(20-5-2-3-6-20)26(28-23)31-16-19-11-12-19/h13-14,18-21H,2-12,15-16H2,1H3. The minimum atomic E-state index is 0.105. The largest absolute Gasteiger partial charge is 0.477 e. The molecule has 3 fully saturated rings. The van der Waals surface area contributed by atoms with Crippen LogP contribution in [-0.2, 0) is 0 Å². The van der Waals surface area contributed by atoms with E-state index in [4.69, 9.17) is 14.2 Å². The number of hydrogen-bond donors (Lipinski definition) is 0. The van der Waals surface area contributed by atoms with Gasteiger partial charge in [0.05, 0.1) is 6.61 Å². The average Bonchev–Trinajstić information content (AvgIpc) is 3.70. The second kappa shape index (κ2) is 9.72. The summed E-state index contributed by atoms with van der Waals surface area (Å²) in [4.78, 5) is 22.1. The molecule has 32 heavy (non-hydrogen) atoms. The highest BCUT2D eigenvalue weighted by atomic mass is 16.5. The Labute approximate surface area is 190 Å². The van der Waals surface area contributed by atoms with E-state index in [1.165, 1.54) is 56.9 Å². The molecule has 2 heterocycles. The molecular formula is C26H35N3O3. The van der Waals surface area contributed by atoms with Crippen LogP contribution in [0.15, 0.2) is 16.7 Å². The smallest absolute Gasteiger partial charge is 0.223 e.